The van der Waals surface area contributed by atoms with E-state index in [0.717, 1.165) is 39.7 Å². The summed E-state index contributed by atoms with van der Waals surface area (Å²) in [6.45, 7) is 2.01. The Morgan fingerprint density at radius 2 is 1.82 bits per heavy atom. The second-order valence-corrected chi connectivity index (χ2v) is 7.57. The number of rotatable bonds is 4. The molecular formula is C25H26N2O. The van der Waals surface area contributed by atoms with Gasteiger partial charge in [-0.3, -0.25) is 9.78 Å². The predicted octanol–water partition coefficient (Wildman–Crippen LogP) is 6.23. The molecule has 2 aromatic carbocycles. The third-order valence-corrected chi connectivity index (χ3v) is 5.57. The summed E-state index contributed by atoms with van der Waals surface area (Å²) in [4.78, 5) is 17.6. The van der Waals surface area contributed by atoms with Gasteiger partial charge in [0, 0.05) is 17.1 Å². The van der Waals surface area contributed by atoms with Crippen molar-refractivity contribution in [1.29, 1.82) is 0 Å². The highest BCUT2D eigenvalue weighted by molar-refractivity contribution is 6.09. The molecular weight excluding hydrogens is 344 g/mol. The van der Waals surface area contributed by atoms with Crippen LogP contribution in [0.3, 0.4) is 0 Å². The molecule has 1 saturated carbocycles. The number of pyridine rings is 1. The number of amides is 1. The van der Waals surface area contributed by atoms with Crippen molar-refractivity contribution in [2.24, 2.45) is 0 Å². The lowest BCUT2D eigenvalue weighted by atomic mass is 9.92. The zero-order valence-electron chi connectivity index (χ0n) is 16.4. The monoisotopic (exact) mass is 370 g/mol. The third kappa shape index (κ3) is 3.99. The number of nitrogens with one attached hydrogen (secondary N) is 1. The molecule has 0 atom stereocenters. The molecule has 0 radical (unpaired) electrons. The molecule has 1 aromatic heterocycles. The van der Waals surface area contributed by atoms with Crippen molar-refractivity contribution >= 4 is 22.5 Å². The number of allylic oxidation sites excluding steroid dienone is 2. The molecule has 3 aromatic rings. The second kappa shape index (κ2) is 8.39. The quantitative estimate of drug-likeness (QED) is 0.553. The predicted molar refractivity (Wildman–Crippen MR) is 116 cm³/mol. The minimum atomic E-state index is -0.0618. The van der Waals surface area contributed by atoms with Crippen molar-refractivity contribution in [2.45, 2.75) is 45.4 Å². The number of anilines is 1. The van der Waals surface area contributed by atoms with Crippen molar-refractivity contribution < 1.29 is 4.79 Å². The van der Waals surface area contributed by atoms with E-state index in [1.54, 1.807) is 6.20 Å². The number of benzene rings is 2. The van der Waals surface area contributed by atoms with Crippen LogP contribution >= 0.6 is 0 Å². The van der Waals surface area contributed by atoms with E-state index in [4.69, 9.17) is 0 Å². The van der Waals surface area contributed by atoms with Crippen LogP contribution in [0.2, 0.25) is 0 Å². The molecule has 142 valence electrons. The Kier molecular flexibility index (Phi) is 5.52. The Morgan fingerprint density at radius 1 is 1.04 bits per heavy atom. The minimum absolute atomic E-state index is 0.0618. The molecule has 0 saturated heterocycles. The standard InChI is InChI=1S/C25H26N2O/c1-18-8-5-11-20(16-15-19-9-3-2-4-10-19)23(18)25(28)27-22-14-6-12-21-13-7-17-26-24(21)22/h5-8,11-15,17H,2-4,9-10,16H2,1H3,(H,27,28). The molecule has 1 aliphatic rings. The highest BCUT2D eigenvalue weighted by atomic mass is 16.1. The van der Waals surface area contributed by atoms with E-state index < -0.39 is 0 Å². The van der Waals surface area contributed by atoms with Gasteiger partial charge in [-0.25, -0.2) is 0 Å². The van der Waals surface area contributed by atoms with Crippen molar-refractivity contribution in [3.8, 4) is 0 Å². The summed E-state index contributed by atoms with van der Waals surface area (Å²) in [5.41, 5.74) is 5.98. The van der Waals surface area contributed by atoms with Gasteiger partial charge in [0.05, 0.1) is 11.2 Å². The summed E-state index contributed by atoms with van der Waals surface area (Å²) < 4.78 is 0. The van der Waals surface area contributed by atoms with E-state index >= 15 is 0 Å². The molecule has 1 amide bonds. The molecule has 28 heavy (non-hydrogen) atoms. The summed E-state index contributed by atoms with van der Waals surface area (Å²) in [6, 6.07) is 15.9. The van der Waals surface area contributed by atoms with E-state index in [9.17, 15) is 4.79 Å². The van der Waals surface area contributed by atoms with Gasteiger partial charge in [0.1, 0.15) is 0 Å². The lowest BCUT2D eigenvalue weighted by molar-refractivity contribution is 0.102. The number of fused-ring (bicyclic) bond motifs is 1. The fourth-order valence-electron chi connectivity index (χ4n) is 4.08. The van der Waals surface area contributed by atoms with E-state index in [0.29, 0.717) is 0 Å². The zero-order chi connectivity index (χ0) is 19.3. The second-order valence-electron chi connectivity index (χ2n) is 7.57. The van der Waals surface area contributed by atoms with Gasteiger partial charge in [0.2, 0.25) is 0 Å². The summed E-state index contributed by atoms with van der Waals surface area (Å²) >= 11 is 0. The molecule has 0 spiro atoms. The van der Waals surface area contributed by atoms with Crippen LogP contribution in [0.25, 0.3) is 10.9 Å². The lowest BCUT2D eigenvalue weighted by Gasteiger charge is -2.15. The highest BCUT2D eigenvalue weighted by Crippen LogP contribution is 2.26. The molecule has 1 aliphatic carbocycles. The van der Waals surface area contributed by atoms with Crippen molar-refractivity contribution in [3.05, 3.63) is 83.1 Å². The summed E-state index contributed by atoms with van der Waals surface area (Å²) in [7, 11) is 0. The van der Waals surface area contributed by atoms with Crippen molar-refractivity contribution in [3.63, 3.8) is 0 Å². The zero-order valence-corrected chi connectivity index (χ0v) is 16.4. The van der Waals surface area contributed by atoms with Crippen LogP contribution in [-0.2, 0) is 6.42 Å². The molecule has 0 unspecified atom stereocenters. The van der Waals surface area contributed by atoms with Gasteiger partial charge in [-0.05, 0) is 62.3 Å². The van der Waals surface area contributed by atoms with Gasteiger partial charge < -0.3 is 5.32 Å². The van der Waals surface area contributed by atoms with Crippen LogP contribution in [0.1, 0.15) is 53.6 Å². The van der Waals surface area contributed by atoms with Crippen LogP contribution in [-0.4, -0.2) is 10.9 Å². The summed E-state index contributed by atoms with van der Waals surface area (Å²) in [6.07, 6.45) is 11.2. The van der Waals surface area contributed by atoms with E-state index in [1.165, 1.54) is 37.7 Å². The maximum atomic E-state index is 13.2. The molecule has 3 nitrogen and oxygen atoms in total. The number of para-hydroxylation sites is 1. The average molecular weight is 370 g/mol. The first kappa shape index (κ1) is 18.4. The largest absolute Gasteiger partial charge is 0.320 e. The van der Waals surface area contributed by atoms with Crippen LogP contribution in [0, 0.1) is 6.92 Å². The minimum Gasteiger partial charge on any atom is -0.320 e. The smallest absolute Gasteiger partial charge is 0.256 e. The molecule has 3 heteroatoms. The van der Waals surface area contributed by atoms with Gasteiger partial charge >= 0.3 is 0 Å². The van der Waals surface area contributed by atoms with Gasteiger partial charge in [0.25, 0.3) is 5.91 Å². The topological polar surface area (TPSA) is 42.0 Å². The maximum absolute atomic E-state index is 13.2. The van der Waals surface area contributed by atoms with Gasteiger partial charge in [0.15, 0.2) is 0 Å². The molecule has 4 rings (SSSR count). The number of aromatic nitrogens is 1. The lowest BCUT2D eigenvalue weighted by Crippen LogP contribution is -2.16. The van der Waals surface area contributed by atoms with Crippen LogP contribution in [0.15, 0.2) is 66.4 Å². The Labute approximate surface area is 166 Å². The first-order valence-corrected chi connectivity index (χ1v) is 10.1. The maximum Gasteiger partial charge on any atom is 0.256 e. The van der Waals surface area contributed by atoms with Gasteiger partial charge in [-0.2, -0.15) is 0 Å². The Bertz CT molecular complexity index is 1020. The number of hydrogen-bond acceptors (Lipinski definition) is 2. The summed E-state index contributed by atoms with van der Waals surface area (Å²) in [5.74, 6) is -0.0618. The number of aryl methyl sites for hydroxylation is 1. The van der Waals surface area contributed by atoms with Gasteiger partial charge in [-0.15, -0.1) is 0 Å². The fraction of sp³-hybridized carbons (Fsp3) is 0.280. The van der Waals surface area contributed by atoms with Gasteiger partial charge in [-0.1, -0.05) is 54.5 Å². The number of carbonyl (C=O) groups is 1. The molecule has 1 heterocycles. The van der Waals surface area contributed by atoms with Crippen LogP contribution < -0.4 is 5.32 Å². The molecule has 1 fully saturated rings. The number of carbonyl (C=O) groups excluding carboxylic acids is 1. The SMILES string of the molecule is Cc1cccc(CC=C2CCCCC2)c1C(=O)Nc1cccc2cccnc12. The van der Waals surface area contributed by atoms with E-state index in [1.807, 2.05) is 49.4 Å². The number of hydrogen-bond donors (Lipinski definition) is 1. The molecule has 0 aliphatic heterocycles. The highest BCUT2D eigenvalue weighted by Gasteiger charge is 2.16. The Hall–Kier alpha value is -2.94. The Balaban J connectivity index is 1.62. The van der Waals surface area contributed by atoms with Crippen molar-refractivity contribution in [1.82, 2.24) is 4.98 Å². The summed E-state index contributed by atoms with van der Waals surface area (Å²) in [5, 5.41) is 4.12. The first-order valence-electron chi connectivity index (χ1n) is 10.1. The molecule has 1 N–H and O–H groups in total. The van der Waals surface area contributed by atoms with Crippen molar-refractivity contribution in [2.75, 3.05) is 5.32 Å². The van der Waals surface area contributed by atoms with E-state index in [-0.39, 0.29) is 5.91 Å². The third-order valence-electron chi connectivity index (χ3n) is 5.57. The Morgan fingerprint density at radius 3 is 2.68 bits per heavy atom. The van der Waals surface area contributed by atoms with Crippen LogP contribution in [0.4, 0.5) is 5.69 Å². The molecule has 0 bridgehead atoms. The fourth-order valence-corrected chi connectivity index (χ4v) is 4.08. The average Bonchev–Trinajstić information content (AvgIpc) is 2.73. The number of nitrogens with zero attached hydrogens (tertiary/aromatic N) is 1. The first-order chi connectivity index (χ1) is 13.7. The van der Waals surface area contributed by atoms with E-state index in [2.05, 4.69) is 22.4 Å². The normalized spacial score (nSPS) is 14.1. The van der Waals surface area contributed by atoms with Crippen LogP contribution in [0.5, 0.6) is 0 Å².